The molecule has 1 saturated heterocycles. The molecule has 0 aromatic heterocycles. The van der Waals surface area contributed by atoms with Gasteiger partial charge in [-0.2, -0.15) is 4.31 Å². The Hall–Kier alpha value is -1.40. The lowest BCUT2D eigenvalue weighted by Crippen LogP contribution is -2.45. The van der Waals surface area contributed by atoms with Gasteiger partial charge in [-0.1, -0.05) is 36.8 Å². The Labute approximate surface area is 119 Å². The number of piperidine rings is 1. The Morgan fingerprint density at radius 1 is 1.25 bits per heavy atom. The van der Waals surface area contributed by atoms with Crippen LogP contribution in [0.4, 0.5) is 0 Å². The molecule has 1 aromatic carbocycles. The van der Waals surface area contributed by atoms with Crippen LogP contribution in [-0.2, 0) is 20.6 Å². The second-order valence-corrected chi connectivity index (χ2v) is 7.02. The molecular formula is C14H19NO4S. The summed E-state index contributed by atoms with van der Waals surface area (Å²) in [4.78, 5) is 10.9. The fraction of sp³-hybridized carbons (Fsp3) is 0.500. The highest BCUT2D eigenvalue weighted by Gasteiger charge is 2.33. The van der Waals surface area contributed by atoms with Gasteiger partial charge < -0.3 is 5.11 Å². The lowest BCUT2D eigenvalue weighted by Gasteiger charge is -2.33. The van der Waals surface area contributed by atoms with E-state index in [4.69, 9.17) is 5.11 Å². The molecule has 1 aliphatic heterocycles. The lowest BCUT2D eigenvalue weighted by atomic mass is 10.0. The standard InChI is InChI=1S/C14H19NO4S/c16-14(17)10-13-8-4-5-9-15(13)20(18,19)11-12-6-2-1-3-7-12/h1-3,6-7,13H,4-5,8-11H2,(H,16,17). The molecule has 1 aromatic rings. The Morgan fingerprint density at radius 3 is 2.60 bits per heavy atom. The van der Waals surface area contributed by atoms with Crippen LogP contribution < -0.4 is 0 Å². The average molecular weight is 297 g/mol. The highest BCUT2D eigenvalue weighted by molar-refractivity contribution is 7.88. The van der Waals surface area contributed by atoms with E-state index in [1.54, 1.807) is 24.3 Å². The van der Waals surface area contributed by atoms with Gasteiger partial charge in [0.1, 0.15) is 0 Å². The van der Waals surface area contributed by atoms with Crippen molar-refractivity contribution >= 4 is 16.0 Å². The lowest BCUT2D eigenvalue weighted by molar-refractivity contribution is -0.138. The zero-order valence-electron chi connectivity index (χ0n) is 11.2. The smallest absolute Gasteiger partial charge is 0.304 e. The SMILES string of the molecule is O=C(O)CC1CCCCN1S(=O)(=O)Cc1ccccc1. The maximum absolute atomic E-state index is 12.5. The summed E-state index contributed by atoms with van der Waals surface area (Å²) in [5, 5.41) is 8.92. The molecule has 6 heteroatoms. The number of nitrogens with zero attached hydrogens (tertiary/aromatic N) is 1. The number of sulfonamides is 1. The van der Waals surface area contributed by atoms with Crippen LogP contribution in [0.5, 0.6) is 0 Å². The first-order chi connectivity index (χ1) is 9.49. The fourth-order valence-electron chi connectivity index (χ4n) is 2.61. The van der Waals surface area contributed by atoms with Gasteiger partial charge in [-0.3, -0.25) is 4.79 Å². The normalized spacial score (nSPS) is 20.7. The summed E-state index contributed by atoms with van der Waals surface area (Å²) in [5.41, 5.74) is 0.729. The molecule has 0 saturated carbocycles. The molecule has 20 heavy (non-hydrogen) atoms. The monoisotopic (exact) mass is 297 g/mol. The van der Waals surface area contributed by atoms with E-state index in [0.29, 0.717) is 13.0 Å². The molecule has 5 nitrogen and oxygen atoms in total. The Bertz CT molecular complexity index is 556. The van der Waals surface area contributed by atoms with Crippen LogP contribution in [0.15, 0.2) is 30.3 Å². The minimum Gasteiger partial charge on any atom is -0.481 e. The number of hydrogen-bond acceptors (Lipinski definition) is 3. The van der Waals surface area contributed by atoms with Crippen LogP contribution in [0.25, 0.3) is 0 Å². The summed E-state index contributed by atoms with van der Waals surface area (Å²) < 4.78 is 26.3. The molecule has 1 aliphatic rings. The number of benzene rings is 1. The summed E-state index contributed by atoms with van der Waals surface area (Å²) in [7, 11) is -3.46. The molecule has 0 aliphatic carbocycles. The molecule has 1 heterocycles. The maximum Gasteiger partial charge on any atom is 0.304 e. The zero-order valence-corrected chi connectivity index (χ0v) is 12.1. The quantitative estimate of drug-likeness (QED) is 0.900. The highest BCUT2D eigenvalue weighted by Crippen LogP contribution is 2.24. The molecule has 2 rings (SSSR count). The van der Waals surface area contributed by atoms with Gasteiger partial charge in [0.05, 0.1) is 12.2 Å². The van der Waals surface area contributed by atoms with Crippen LogP contribution >= 0.6 is 0 Å². The molecule has 0 amide bonds. The number of hydrogen-bond donors (Lipinski definition) is 1. The molecule has 0 spiro atoms. The van der Waals surface area contributed by atoms with Crippen molar-refractivity contribution in [3.05, 3.63) is 35.9 Å². The van der Waals surface area contributed by atoms with Crippen LogP contribution in [0.2, 0.25) is 0 Å². The van der Waals surface area contributed by atoms with Crippen molar-refractivity contribution in [3.63, 3.8) is 0 Å². The Balaban J connectivity index is 2.15. The van der Waals surface area contributed by atoms with Crippen molar-refractivity contribution in [2.24, 2.45) is 0 Å². The van der Waals surface area contributed by atoms with Gasteiger partial charge in [-0.25, -0.2) is 8.42 Å². The maximum atomic E-state index is 12.5. The summed E-state index contributed by atoms with van der Waals surface area (Å²) in [6.07, 6.45) is 2.19. The molecule has 1 atom stereocenters. The average Bonchev–Trinajstić information content (AvgIpc) is 2.39. The van der Waals surface area contributed by atoms with E-state index in [-0.39, 0.29) is 12.2 Å². The predicted molar refractivity (Wildman–Crippen MR) is 75.7 cm³/mol. The third kappa shape index (κ3) is 3.80. The molecule has 0 bridgehead atoms. The third-order valence-corrected chi connectivity index (χ3v) is 5.43. The summed E-state index contributed by atoms with van der Waals surface area (Å²) in [6, 6.07) is 8.58. The topological polar surface area (TPSA) is 74.7 Å². The van der Waals surface area contributed by atoms with Crippen molar-refractivity contribution in [2.45, 2.75) is 37.5 Å². The number of carbonyl (C=O) groups is 1. The van der Waals surface area contributed by atoms with E-state index in [0.717, 1.165) is 18.4 Å². The van der Waals surface area contributed by atoms with Crippen molar-refractivity contribution in [1.29, 1.82) is 0 Å². The van der Waals surface area contributed by atoms with Crippen LogP contribution in [0, 0.1) is 0 Å². The third-order valence-electron chi connectivity index (χ3n) is 3.53. The van der Waals surface area contributed by atoms with E-state index in [2.05, 4.69) is 0 Å². The minimum absolute atomic E-state index is 0.0655. The Kier molecular flexibility index (Phi) is 4.77. The zero-order chi connectivity index (χ0) is 14.6. The van der Waals surface area contributed by atoms with Gasteiger partial charge in [0.25, 0.3) is 0 Å². The fourth-order valence-corrected chi connectivity index (χ4v) is 4.43. The molecule has 1 fully saturated rings. The first kappa shape index (κ1) is 15.0. The first-order valence-electron chi connectivity index (χ1n) is 6.74. The van der Waals surface area contributed by atoms with Gasteiger partial charge in [-0.15, -0.1) is 0 Å². The van der Waals surface area contributed by atoms with E-state index in [9.17, 15) is 13.2 Å². The largest absolute Gasteiger partial charge is 0.481 e. The van der Waals surface area contributed by atoms with E-state index in [1.165, 1.54) is 4.31 Å². The van der Waals surface area contributed by atoms with Crippen LogP contribution in [0.3, 0.4) is 0 Å². The number of carboxylic acid groups (broad SMARTS) is 1. The van der Waals surface area contributed by atoms with E-state index >= 15 is 0 Å². The summed E-state index contributed by atoms with van der Waals surface area (Å²) in [5.74, 6) is -1.01. The number of carboxylic acids is 1. The van der Waals surface area contributed by atoms with Gasteiger partial charge in [0.15, 0.2) is 0 Å². The predicted octanol–water partition coefficient (Wildman–Crippen LogP) is 1.85. The first-order valence-corrected chi connectivity index (χ1v) is 8.35. The van der Waals surface area contributed by atoms with E-state index < -0.39 is 22.0 Å². The number of aliphatic carboxylic acids is 1. The molecule has 0 radical (unpaired) electrons. The van der Waals surface area contributed by atoms with E-state index in [1.807, 2.05) is 6.07 Å². The van der Waals surface area contributed by atoms with Crippen molar-refractivity contribution in [3.8, 4) is 0 Å². The van der Waals surface area contributed by atoms with Crippen LogP contribution in [-0.4, -0.2) is 36.4 Å². The van der Waals surface area contributed by atoms with Crippen LogP contribution in [0.1, 0.15) is 31.2 Å². The molecule has 110 valence electrons. The minimum atomic E-state index is -3.46. The van der Waals surface area contributed by atoms with Gasteiger partial charge in [0.2, 0.25) is 10.0 Å². The summed E-state index contributed by atoms with van der Waals surface area (Å²) >= 11 is 0. The molecule has 1 N–H and O–H groups in total. The van der Waals surface area contributed by atoms with Crippen molar-refractivity contribution in [1.82, 2.24) is 4.31 Å². The van der Waals surface area contributed by atoms with Gasteiger partial charge in [-0.05, 0) is 18.4 Å². The van der Waals surface area contributed by atoms with Gasteiger partial charge >= 0.3 is 5.97 Å². The van der Waals surface area contributed by atoms with Crippen molar-refractivity contribution in [2.75, 3.05) is 6.54 Å². The second-order valence-electron chi connectivity index (χ2n) is 5.10. The molecule has 1 unspecified atom stereocenters. The van der Waals surface area contributed by atoms with Crippen molar-refractivity contribution < 1.29 is 18.3 Å². The summed E-state index contributed by atoms with van der Waals surface area (Å²) in [6.45, 7) is 0.424. The Morgan fingerprint density at radius 2 is 1.95 bits per heavy atom. The van der Waals surface area contributed by atoms with Gasteiger partial charge in [0, 0.05) is 12.6 Å². The highest BCUT2D eigenvalue weighted by atomic mass is 32.2. The molecular weight excluding hydrogens is 278 g/mol. The second kappa shape index (κ2) is 6.37. The number of rotatable bonds is 5.